The molecule has 1 heterocycles. The molecule has 0 saturated heterocycles. The van der Waals surface area contributed by atoms with Crippen molar-refractivity contribution in [1.29, 1.82) is 0 Å². The van der Waals surface area contributed by atoms with E-state index in [0.717, 1.165) is 0 Å². The Morgan fingerprint density at radius 1 is 1.47 bits per heavy atom. The molecule has 0 bridgehead atoms. The van der Waals surface area contributed by atoms with Gasteiger partial charge in [-0.15, -0.1) is 0 Å². The van der Waals surface area contributed by atoms with Gasteiger partial charge in [0, 0.05) is 12.7 Å². The minimum atomic E-state index is -1.35. The number of aromatic nitrogens is 1. The summed E-state index contributed by atoms with van der Waals surface area (Å²) in [6.45, 7) is 2.31. The molecular weight excluding hydrogens is 191 g/mol. The number of hydrogen-bond donors (Lipinski definition) is 1. The molecule has 0 fully saturated rings. The number of amides is 1. The number of pyridine rings is 1. The van der Waals surface area contributed by atoms with Crippen molar-refractivity contribution in [3.63, 3.8) is 0 Å². The van der Waals surface area contributed by atoms with Gasteiger partial charge in [-0.25, -0.2) is 0 Å². The molecule has 1 N–H and O–H groups in total. The van der Waals surface area contributed by atoms with Crippen LogP contribution in [0.15, 0.2) is 18.3 Å². The summed E-state index contributed by atoms with van der Waals surface area (Å²) in [5.41, 5.74) is 0.148. The second-order valence-corrected chi connectivity index (χ2v) is 2.58. The van der Waals surface area contributed by atoms with Crippen LogP contribution in [0, 0.1) is 0 Å². The van der Waals surface area contributed by atoms with E-state index in [1.165, 1.54) is 18.3 Å². The summed E-state index contributed by atoms with van der Waals surface area (Å²) in [5, 5.41) is 12.9. The van der Waals surface area contributed by atoms with Gasteiger partial charge in [0.05, 0.1) is 17.2 Å². The summed E-state index contributed by atoms with van der Waals surface area (Å²) >= 11 is 0. The van der Waals surface area contributed by atoms with Crippen LogP contribution >= 0.6 is 0 Å². The Morgan fingerprint density at radius 2 is 2.13 bits per heavy atom. The number of carbonyl (C=O) groups is 2. The molecule has 0 aromatic carbocycles. The van der Waals surface area contributed by atoms with E-state index in [9.17, 15) is 14.7 Å². The molecule has 0 spiro atoms. The van der Waals surface area contributed by atoms with Crippen molar-refractivity contribution in [1.82, 2.24) is 10.3 Å². The van der Waals surface area contributed by atoms with Gasteiger partial charge in [-0.1, -0.05) is 0 Å². The number of hydrogen-bond acceptors (Lipinski definition) is 4. The SMILES string of the molecule is CCNC(=O)c1ccc(C(=O)[O-])nc1.[Li+]. The van der Waals surface area contributed by atoms with Crippen LogP contribution in [0.1, 0.15) is 27.8 Å². The van der Waals surface area contributed by atoms with E-state index in [1.807, 2.05) is 0 Å². The zero-order valence-corrected chi connectivity index (χ0v) is 8.61. The molecule has 0 atom stereocenters. The van der Waals surface area contributed by atoms with Crippen molar-refractivity contribution in [2.45, 2.75) is 6.92 Å². The van der Waals surface area contributed by atoms with Gasteiger partial charge in [0.2, 0.25) is 0 Å². The summed E-state index contributed by atoms with van der Waals surface area (Å²) in [6.07, 6.45) is 1.20. The third-order valence-corrected chi connectivity index (χ3v) is 1.57. The van der Waals surface area contributed by atoms with Crippen molar-refractivity contribution in [2.75, 3.05) is 6.54 Å². The van der Waals surface area contributed by atoms with Crippen molar-refractivity contribution >= 4 is 11.9 Å². The van der Waals surface area contributed by atoms with E-state index >= 15 is 0 Å². The number of nitrogens with zero attached hydrogens (tertiary/aromatic N) is 1. The van der Waals surface area contributed by atoms with Gasteiger partial charge in [-0.2, -0.15) is 0 Å². The van der Waals surface area contributed by atoms with Crippen LogP contribution in [0.25, 0.3) is 0 Å². The number of carbonyl (C=O) groups excluding carboxylic acids is 2. The predicted molar refractivity (Wildman–Crippen MR) is 46.6 cm³/mol. The van der Waals surface area contributed by atoms with Crippen LogP contribution in [0.3, 0.4) is 0 Å². The fourth-order valence-electron chi connectivity index (χ4n) is 0.912. The predicted octanol–water partition coefficient (Wildman–Crippen LogP) is -3.80. The van der Waals surface area contributed by atoms with Gasteiger partial charge < -0.3 is 15.2 Å². The fraction of sp³-hybridized carbons (Fsp3) is 0.222. The first-order valence-electron chi connectivity index (χ1n) is 4.10. The van der Waals surface area contributed by atoms with Crippen LogP contribution < -0.4 is 29.3 Å². The van der Waals surface area contributed by atoms with Crippen molar-refractivity contribution in [3.8, 4) is 0 Å². The zero-order chi connectivity index (χ0) is 10.6. The molecule has 0 radical (unpaired) electrons. The van der Waals surface area contributed by atoms with Gasteiger partial charge in [-0.05, 0) is 19.1 Å². The normalized spacial score (nSPS) is 8.87. The van der Waals surface area contributed by atoms with Crippen LogP contribution in [0.5, 0.6) is 0 Å². The molecular formula is C9H9LiN2O3. The van der Waals surface area contributed by atoms with E-state index < -0.39 is 5.97 Å². The third kappa shape index (κ3) is 3.74. The summed E-state index contributed by atoms with van der Waals surface area (Å²) in [6, 6.07) is 2.63. The Bertz CT molecular complexity index is 351. The Kier molecular flexibility index (Phi) is 5.68. The second kappa shape index (κ2) is 6.22. The van der Waals surface area contributed by atoms with E-state index in [4.69, 9.17) is 0 Å². The maximum atomic E-state index is 11.2. The number of carboxylic acids is 1. The molecule has 1 amide bonds. The molecule has 6 heteroatoms. The molecule has 1 aromatic heterocycles. The molecule has 0 saturated carbocycles. The minimum absolute atomic E-state index is 0. The van der Waals surface area contributed by atoms with Crippen molar-refractivity contribution in [3.05, 3.63) is 29.6 Å². The van der Waals surface area contributed by atoms with E-state index in [-0.39, 0.29) is 30.5 Å². The number of carboxylic acid groups (broad SMARTS) is 1. The first-order chi connectivity index (χ1) is 6.65. The van der Waals surface area contributed by atoms with Crippen LogP contribution in [0.4, 0.5) is 0 Å². The maximum absolute atomic E-state index is 11.2. The van der Waals surface area contributed by atoms with Gasteiger partial charge in [-0.3, -0.25) is 9.78 Å². The van der Waals surface area contributed by atoms with Crippen LogP contribution in [-0.4, -0.2) is 23.4 Å². The summed E-state index contributed by atoms with van der Waals surface area (Å²) in [4.78, 5) is 25.1. The van der Waals surface area contributed by atoms with Crippen LogP contribution in [0.2, 0.25) is 0 Å². The molecule has 74 valence electrons. The monoisotopic (exact) mass is 200 g/mol. The summed E-state index contributed by atoms with van der Waals surface area (Å²) in [5.74, 6) is -1.63. The number of aromatic carboxylic acids is 1. The molecule has 1 rings (SSSR count). The van der Waals surface area contributed by atoms with E-state index in [0.29, 0.717) is 12.1 Å². The van der Waals surface area contributed by atoms with E-state index in [1.54, 1.807) is 6.92 Å². The second-order valence-electron chi connectivity index (χ2n) is 2.58. The molecule has 0 unspecified atom stereocenters. The topological polar surface area (TPSA) is 82.1 Å². The number of rotatable bonds is 3. The number of nitrogens with one attached hydrogen (secondary N) is 1. The molecule has 0 aliphatic heterocycles. The van der Waals surface area contributed by atoms with Gasteiger partial charge in [0.25, 0.3) is 5.91 Å². The third-order valence-electron chi connectivity index (χ3n) is 1.57. The van der Waals surface area contributed by atoms with Crippen molar-refractivity contribution in [2.24, 2.45) is 0 Å². The Balaban J connectivity index is 0.00000196. The molecule has 0 aliphatic carbocycles. The average molecular weight is 200 g/mol. The maximum Gasteiger partial charge on any atom is 1.00 e. The molecule has 15 heavy (non-hydrogen) atoms. The Labute approximate surface area is 99.1 Å². The Morgan fingerprint density at radius 3 is 2.53 bits per heavy atom. The van der Waals surface area contributed by atoms with Gasteiger partial charge >= 0.3 is 18.9 Å². The smallest absolute Gasteiger partial charge is 0.543 e. The molecule has 0 aliphatic rings. The van der Waals surface area contributed by atoms with Crippen molar-refractivity contribution < 1.29 is 33.6 Å². The van der Waals surface area contributed by atoms with E-state index in [2.05, 4.69) is 10.3 Å². The summed E-state index contributed by atoms with van der Waals surface area (Å²) in [7, 11) is 0. The fourth-order valence-corrected chi connectivity index (χ4v) is 0.912. The first kappa shape index (κ1) is 13.7. The quantitative estimate of drug-likeness (QED) is 0.507. The summed E-state index contributed by atoms with van der Waals surface area (Å²) < 4.78 is 0. The molecule has 5 nitrogen and oxygen atoms in total. The standard InChI is InChI=1S/C9H10N2O3.Li/c1-2-10-8(12)6-3-4-7(9(13)14)11-5-6;/h3-5H,2H2,1H3,(H,10,12)(H,13,14);/q;+1/p-1. The van der Waals surface area contributed by atoms with Crippen LogP contribution in [-0.2, 0) is 0 Å². The van der Waals surface area contributed by atoms with Gasteiger partial charge in [0.1, 0.15) is 0 Å². The minimum Gasteiger partial charge on any atom is -0.543 e. The Hall–Kier alpha value is -1.31. The molecule has 1 aromatic rings. The van der Waals surface area contributed by atoms with Gasteiger partial charge in [0.15, 0.2) is 0 Å². The average Bonchev–Trinajstić information content (AvgIpc) is 2.18. The zero-order valence-electron chi connectivity index (χ0n) is 8.61. The largest absolute Gasteiger partial charge is 1.00 e. The first-order valence-corrected chi connectivity index (χ1v) is 4.10.